The number of rotatable bonds is 3. The van der Waals surface area contributed by atoms with Gasteiger partial charge < -0.3 is 4.90 Å². The van der Waals surface area contributed by atoms with E-state index in [1.807, 2.05) is 4.90 Å². The topological polar surface area (TPSA) is 66.4 Å². The lowest BCUT2D eigenvalue weighted by Gasteiger charge is -2.33. The van der Waals surface area contributed by atoms with Gasteiger partial charge in [0.15, 0.2) is 5.82 Å². The first kappa shape index (κ1) is 15.6. The fourth-order valence-corrected chi connectivity index (χ4v) is 4.37. The van der Waals surface area contributed by atoms with E-state index >= 15 is 0 Å². The summed E-state index contributed by atoms with van der Waals surface area (Å²) in [5.41, 5.74) is 0. The molecule has 0 N–H and O–H groups in total. The van der Waals surface area contributed by atoms with Crippen LogP contribution in [0.4, 0.5) is 10.2 Å². The molecule has 1 aliphatic rings. The molecule has 2 aromatic rings. The summed E-state index contributed by atoms with van der Waals surface area (Å²) in [5.74, 6) is 0.119. The maximum atomic E-state index is 13.2. The molecule has 118 valence electrons. The van der Waals surface area contributed by atoms with Gasteiger partial charge in [0.25, 0.3) is 0 Å². The van der Waals surface area contributed by atoms with Crippen LogP contribution in [0.5, 0.6) is 0 Å². The van der Waals surface area contributed by atoms with Gasteiger partial charge in [-0.3, -0.25) is 0 Å². The molecular formula is C12H12ClFN4O2S2. The van der Waals surface area contributed by atoms with Crippen molar-refractivity contribution in [3.05, 3.63) is 35.2 Å². The van der Waals surface area contributed by atoms with Crippen molar-refractivity contribution in [2.24, 2.45) is 0 Å². The fourth-order valence-electron chi connectivity index (χ4n) is 2.24. The Morgan fingerprint density at radius 3 is 2.55 bits per heavy atom. The third kappa shape index (κ3) is 2.94. The van der Waals surface area contributed by atoms with Gasteiger partial charge in [0.1, 0.15) is 5.82 Å². The lowest BCUT2D eigenvalue weighted by Crippen LogP contribution is -2.48. The predicted molar refractivity (Wildman–Crippen MR) is 82.3 cm³/mol. The summed E-state index contributed by atoms with van der Waals surface area (Å²) in [4.78, 5) is 1.98. The summed E-state index contributed by atoms with van der Waals surface area (Å²) in [6, 6.07) is 3.43. The van der Waals surface area contributed by atoms with E-state index in [0.29, 0.717) is 26.2 Å². The Kier molecular flexibility index (Phi) is 4.31. The van der Waals surface area contributed by atoms with E-state index < -0.39 is 15.8 Å². The van der Waals surface area contributed by atoms with Crippen molar-refractivity contribution in [1.29, 1.82) is 0 Å². The second-order valence-electron chi connectivity index (χ2n) is 4.73. The normalized spacial score (nSPS) is 16.9. The Morgan fingerprint density at radius 2 is 1.95 bits per heavy atom. The van der Waals surface area contributed by atoms with Gasteiger partial charge in [0, 0.05) is 26.2 Å². The van der Waals surface area contributed by atoms with Crippen molar-refractivity contribution in [3.63, 3.8) is 0 Å². The first-order chi connectivity index (χ1) is 10.5. The molecule has 22 heavy (non-hydrogen) atoms. The maximum Gasteiger partial charge on any atom is 0.243 e. The zero-order chi connectivity index (χ0) is 15.7. The summed E-state index contributed by atoms with van der Waals surface area (Å²) in [7, 11) is -3.67. The molecule has 0 amide bonds. The van der Waals surface area contributed by atoms with E-state index in [9.17, 15) is 12.8 Å². The van der Waals surface area contributed by atoms with E-state index in [2.05, 4.69) is 8.75 Å². The minimum atomic E-state index is -3.67. The SMILES string of the molecule is O=S(=O)(c1ccc(F)c(Cl)c1)N1CCN(c2cnsn2)CC1. The van der Waals surface area contributed by atoms with Gasteiger partial charge >= 0.3 is 0 Å². The van der Waals surface area contributed by atoms with Crippen LogP contribution in [0.1, 0.15) is 0 Å². The number of benzene rings is 1. The van der Waals surface area contributed by atoms with E-state index in [0.717, 1.165) is 29.7 Å². The molecular weight excluding hydrogens is 351 g/mol. The molecule has 0 radical (unpaired) electrons. The number of anilines is 1. The third-order valence-electron chi connectivity index (χ3n) is 3.44. The molecule has 1 aromatic heterocycles. The van der Waals surface area contributed by atoms with Crippen LogP contribution in [0.2, 0.25) is 5.02 Å². The van der Waals surface area contributed by atoms with Gasteiger partial charge in [0.05, 0.1) is 27.8 Å². The molecule has 0 spiro atoms. The Morgan fingerprint density at radius 1 is 1.23 bits per heavy atom. The van der Waals surface area contributed by atoms with Gasteiger partial charge in [-0.2, -0.15) is 13.1 Å². The molecule has 2 heterocycles. The average molecular weight is 363 g/mol. The Bertz CT molecular complexity index is 761. The lowest BCUT2D eigenvalue weighted by molar-refractivity contribution is 0.384. The molecule has 1 saturated heterocycles. The summed E-state index contributed by atoms with van der Waals surface area (Å²) < 4.78 is 47.7. The van der Waals surface area contributed by atoms with Crippen LogP contribution in [0, 0.1) is 5.82 Å². The number of hydrogen-bond donors (Lipinski definition) is 0. The van der Waals surface area contributed by atoms with Crippen molar-refractivity contribution < 1.29 is 12.8 Å². The van der Waals surface area contributed by atoms with E-state index in [-0.39, 0.29) is 9.92 Å². The van der Waals surface area contributed by atoms with E-state index in [4.69, 9.17) is 11.6 Å². The summed E-state index contributed by atoms with van der Waals surface area (Å²) in [5, 5.41) is -0.201. The predicted octanol–water partition coefficient (Wildman–Crippen LogP) is 1.84. The molecule has 0 atom stereocenters. The second kappa shape index (κ2) is 6.07. The van der Waals surface area contributed by atoms with Crippen molar-refractivity contribution in [3.8, 4) is 0 Å². The van der Waals surface area contributed by atoms with Gasteiger partial charge in [-0.15, -0.1) is 0 Å². The highest BCUT2D eigenvalue weighted by Crippen LogP contribution is 2.24. The van der Waals surface area contributed by atoms with Crippen LogP contribution in [-0.4, -0.2) is 47.6 Å². The number of halogens is 2. The molecule has 3 rings (SSSR count). The second-order valence-corrected chi connectivity index (χ2v) is 7.63. The highest BCUT2D eigenvalue weighted by Gasteiger charge is 2.29. The monoisotopic (exact) mass is 362 g/mol. The van der Waals surface area contributed by atoms with E-state index in [1.54, 1.807) is 6.20 Å². The summed E-state index contributed by atoms with van der Waals surface area (Å²) in [6.45, 7) is 1.71. The number of piperazine rings is 1. The van der Waals surface area contributed by atoms with Crippen LogP contribution in [0.15, 0.2) is 29.3 Å². The molecule has 0 aliphatic carbocycles. The minimum Gasteiger partial charge on any atom is -0.352 e. The molecule has 6 nitrogen and oxygen atoms in total. The number of nitrogens with zero attached hydrogens (tertiary/aromatic N) is 4. The average Bonchev–Trinajstić information content (AvgIpc) is 3.04. The molecule has 10 heteroatoms. The quantitative estimate of drug-likeness (QED) is 0.833. The van der Waals surface area contributed by atoms with Gasteiger partial charge in [-0.1, -0.05) is 11.6 Å². The van der Waals surface area contributed by atoms with Crippen LogP contribution < -0.4 is 4.90 Å². The Labute approximate surface area is 136 Å². The zero-order valence-corrected chi connectivity index (χ0v) is 13.7. The Hall–Kier alpha value is -1.29. The van der Waals surface area contributed by atoms with Gasteiger partial charge in [-0.05, 0) is 18.2 Å². The van der Waals surface area contributed by atoms with Crippen LogP contribution in [-0.2, 0) is 10.0 Å². The number of sulfonamides is 1. The first-order valence-electron chi connectivity index (χ1n) is 6.46. The third-order valence-corrected chi connectivity index (χ3v) is 6.09. The molecule has 0 unspecified atom stereocenters. The molecule has 1 aliphatic heterocycles. The van der Waals surface area contributed by atoms with Crippen LogP contribution in [0.3, 0.4) is 0 Å². The highest BCUT2D eigenvalue weighted by atomic mass is 35.5. The first-order valence-corrected chi connectivity index (χ1v) is 9.01. The van der Waals surface area contributed by atoms with Crippen LogP contribution >= 0.6 is 23.3 Å². The number of aromatic nitrogens is 2. The van der Waals surface area contributed by atoms with Crippen molar-refractivity contribution in [2.75, 3.05) is 31.1 Å². The smallest absolute Gasteiger partial charge is 0.243 e. The molecule has 1 fully saturated rings. The molecule has 1 aromatic carbocycles. The minimum absolute atomic E-state index is 0.00248. The largest absolute Gasteiger partial charge is 0.352 e. The van der Waals surface area contributed by atoms with Crippen molar-refractivity contribution in [1.82, 2.24) is 13.1 Å². The van der Waals surface area contributed by atoms with E-state index in [1.165, 1.54) is 10.4 Å². The van der Waals surface area contributed by atoms with Gasteiger partial charge in [-0.25, -0.2) is 12.8 Å². The highest BCUT2D eigenvalue weighted by molar-refractivity contribution is 7.89. The van der Waals surface area contributed by atoms with Crippen LogP contribution in [0.25, 0.3) is 0 Å². The maximum absolute atomic E-state index is 13.2. The zero-order valence-electron chi connectivity index (χ0n) is 11.3. The Balaban J connectivity index is 1.75. The fraction of sp³-hybridized carbons (Fsp3) is 0.333. The summed E-state index contributed by atoms with van der Waals surface area (Å²) >= 11 is 6.78. The van der Waals surface area contributed by atoms with Gasteiger partial charge in [0.2, 0.25) is 10.0 Å². The standard InChI is InChI=1S/C12H12ClFN4O2S2/c13-10-7-9(1-2-11(10)14)22(19,20)18-5-3-17(4-6-18)12-8-15-21-16-12/h1-2,7-8H,3-6H2. The number of hydrogen-bond acceptors (Lipinski definition) is 6. The summed E-state index contributed by atoms with van der Waals surface area (Å²) in [6.07, 6.45) is 1.66. The van der Waals surface area contributed by atoms with Crippen molar-refractivity contribution >= 4 is 39.2 Å². The molecule has 0 bridgehead atoms. The molecule has 0 saturated carbocycles. The lowest BCUT2D eigenvalue weighted by atomic mass is 10.3. The van der Waals surface area contributed by atoms with Crippen molar-refractivity contribution in [2.45, 2.75) is 4.90 Å².